The van der Waals surface area contributed by atoms with Crippen molar-refractivity contribution in [1.82, 2.24) is 5.48 Å². The highest BCUT2D eigenvalue weighted by Gasteiger charge is 2.10. The lowest BCUT2D eigenvalue weighted by Crippen LogP contribution is -2.25. The van der Waals surface area contributed by atoms with Crippen LogP contribution in [0.5, 0.6) is 0 Å². The van der Waals surface area contributed by atoms with Crippen LogP contribution in [0.2, 0.25) is 0 Å². The average Bonchev–Trinajstić information content (AvgIpc) is 2.42. The fourth-order valence-electron chi connectivity index (χ4n) is 2.18. The molecule has 19 heavy (non-hydrogen) atoms. The number of rotatable bonds is 3. The summed E-state index contributed by atoms with van der Waals surface area (Å²) in [5.74, 6) is 0. The van der Waals surface area contributed by atoms with Gasteiger partial charge in [0.2, 0.25) is 0 Å². The average molecular weight is 260 g/mol. The van der Waals surface area contributed by atoms with E-state index in [1.54, 1.807) is 0 Å². The monoisotopic (exact) mass is 260 g/mol. The molecule has 1 aliphatic rings. The highest BCUT2D eigenvalue weighted by atomic mass is 16.7. The number of carbonyl (C=O) groups excluding carboxylic acids is 1. The first-order chi connectivity index (χ1) is 9.16. The van der Waals surface area contributed by atoms with E-state index in [-0.39, 0.29) is 0 Å². The molecule has 0 unspecified atom stereocenters. The van der Waals surface area contributed by atoms with Gasteiger partial charge in [-0.05, 0) is 50.7 Å². The molecule has 0 heterocycles. The van der Waals surface area contributed by atoms with Gasteiger partial charge in [0.1, 0.15) is 0 Å². The summed E-state index contributed by atoms with van der Waals surface area (Å²) in [7, 11) is 0. The van der Waals surface area contributed by atoms with Crippen LogP contribution >= 0.6 is 0 Å². The molecule has 1 aliphatic carbocycles. The lowest BCUT2D eigenvalue weighted by Gasteiger charge is -2.15. The Hall–Kier alpha value is -1.97. The molecule has 0 saturated carbocycles. The van der Waals surface area contributed by atoms with E-state index in [1.165, 1.54) is 6.42 Å². The van der Waals surface area contributed by atoms with Crippen LogP contribution in [0.4, 0.5) is 10.5 Å². The minimum absolute atomic E-state index is 0.483. The van der Waals surface area contributed by atoms with Crippen molar-refractivity contribution >= 4 is 11.8 Å². The van der Waals surface area contributed by atoms with Crippen LogP contribution in [-0.2, 0) is 4.84 Å². The predicted octanol–water partition coefficient (Wildman–Crippen LogP) is 3.81. The lowest BCUT2D eigenvalue weighted by molar-refractivity contribution is 0.117. The van der Waals surface area contributed by atoms with Crippen molar-refractivity contribution in [3.8, 4) is 0 Å². The molecular weight excluding hydrogens is 240 g/mol. The summed E-state index contributed by atoms with van der Waals surface area (Å²) in [4.78, 5) is 16.8. The Kier molecular flexibility index (Phi) is 4.44. The van der Waals surface area contributed by atoms with E-state index in [1.807, 2.05) is 32.0 Å². The molecule has 0 radical (unpaired) electrons. The van der Waals surface area contributed by atoms with Gasteiger partial charge < -0.3 is 4.84 Å². The first-order valence-corrected chi connectivity index (χ1v) is 6.66. The van der Waals surface area contributed by atoms with Crippen LogP contribution in [0.15, 0.2) is 30.0 Å². The number of hydroxylamine groups is 1. The molecule has 2 N–H and O–H groups in total. The topological polar surface area (TPSA) is 50.4 Å². The van der Waals surface area contributed by atoms with E-state index < -0.39 is 6.09 Å². The molecule has 0 atom stereocenters. The Morgan fingerprint density at radius 1 is 1.21 bits per heavy atom. The summed E-state index contributed by atoms with van der Waals surface area (Å²) < 4.78 is 0. The molecule has 1 aromatic carbocycles. The second kappa shape index (κ2) is 6.27. The molecule has 102 valence electrons. The Morgan fingerprint density at radius 2 is 1.95 bits per heavy atom. The minimum Gasteiger partial charge on any atom is -0.324 e. The van der Waals surface area contributed by atoms with Gasteiger partial charge in [0.05, 0.1) is 0 Å². The van der Waals surface area contributed by atoms with Gasteiger partial charge in [0.15, 0.2) is 0 Å². The Morgan fingerprint density at radius 3 is 2.58 bits per heavy atom. The van der Waals surface area contributed by atoms with E-state index in [9.17, 15) is 4.79 Å². The molecular formula is C15H20N2O2. The van der Waals surface area contributed by atoms with E-state index >= 15 is 0 Å². The molecule has 4 nitrogen and oxygen atoms in total. The van der Waals surface area contributed by atoms with Crippen molar-refractivity contribution in [2.75, 3.05) is 5.32 Å². The maximum Gasteiger partial charge on any atom is 0.435 e. The van der Waals surface area contributed by atoms with Crippen molar-refractivity contribution < 1.29 is 9.63 Å². The third kappa shape index (κ3) is 3.74. The van der Waals surface area contributed by atoms with Gasteiger partial charge in [-0.15, -0.1) is 0 Å². The number of nitrogens with one attached hydrogen (secondary N) is 2. The van der Waals surface area contributed by atoms with Crippen LogP contribution in [0.3, 0.4) is 0 Å². The standard InChI is InChI=1S/C15H20N2O2/c1-11-7-6-8-12(2)14(11)16-15(18)19-17-13-9-4-3-5-10-13/h6-9,17H,3-5,10H2,1-2H3,(H,16,18). The normalized spacial score (nSPS) is 14.5. The van der Waals surface area contributed by atoms with Crippen LogP contribution in [0.1, 0.15) is 36.8 Å². The van der Waals surface area contributed by atoms with Gasteiger partial charge in [-0.2, -0.15) is 0 Å². The second-order valence-electron chi connectivity index (χ2n) is 4.86. The largest absolute Gasteiger partial charge is 0.435 e. The second-order valence-corrected chi connectivity index (χ2v) is 4.86. The molecule has 0 fully saturated rings. The molecule has 0 aromatic heterocycles. The van der Waals surface area contributed by atoms with Gasteiger partial charge in [0.25, 0.3) is 0 Å². The number of hydrogen-bond donors (Lipinski definition) is 2. The number of allylic oxidation sites excluding steroid dienone is 2. The van der Waals surface area contributed by atoms with E-state index in [4.69, 9.17) is 4.84 Å². The molecule has 1 aromatic rings. The number of aryl methyl sites for hydroxylation is 2. The summed E-state index contributed by atoms with van der Waals surface area (Å²) in [5.41, 5.74) is 6.57. The molecule has 0 bridgehead atoms. The smallest absolute Gasteiger partial charge is 0.324 e. The SMILES string of the molecule is Cc1cccc(C)c1NC(=O)ONC1=CCCCC1. The first-order valence-electron chi connectivity index (χ1n) is 6.66. The predicted molar refractivity (Wildman–Crippen MR) is 75.7 cm³/mol. The van der Waals surface area contributed by atoms with Gasteiger partial charge in [-0.25, -0.2) is 10.3 Å². The van der Waals surface area contributed by atoms with Crippen molar-refractivity contribution in [1.29, 1.82) is 0 Å². The summed E-state index contributed by atoms with van der Waals surface area (Å²) in [6, 6.07) is 5.88. The number of carbonyl (C=O) groups is 1. The van der Waals surface area contributed by atoms with Gasteiger partial charge >= 0.3 is 6.09 Å². The van der Waals surface area contributed by atoms with Crippen molar-refractivity contribution in [2.45, 2.75) is 39.5 Å². The minimum atomic E-state index is -0.483. The molecule has 2 rings (SSSR count). The molecule has 0 saturated heterocycles. The first kappa shape index (κ1) is 13.5. The van der Waals surface area contributed by atoms with Gasteiger partial charge in [-0.3, -0.25) is 5.32 Å². The fraction of sp³-hybridized carbons (Fsp3) is 0.400. The van der Waals surface area contributed by atoms with E-state index in [0.717, 1.165) is 41.8 Å². The van der Waals surface area contributed by atoms with E-state index in [2.05, 4.69) is 16.9 Å². The Bertz CT molecular complexity index is 475. The van der Waals surface area contributed by atoms with Crippen molar-refractivity contribution in [3.05, 3.63) is 41.1 Å². The molecule has 0 spiro atoms. The summed E-state index contributed by atoms with van der Waals surface area (Å²) >= 11 is 0. The zero-order valence-electron chi connectivity index (χ0n) is 11.5. The maximum absolute atomic E-state index is 11.7. The Balaban J connectivity index is 1.89. The van der Waals surface area contributed by atoms with Crippen LogP contribution < -0.4 is 10.8 Å². The zero-order chi connectivity index (χ0) is 13.7. The van der Waals surface area contributed by atoms with Gasteiger partial charge in [0, 0.05) is 11.4 Å². The van der Waals surface area contributed by atoms with Crippen LogP contribution in [0.25, 0.3) is 0 Å². The third-order valence-corrected chi connectivity index (χ3v) is 3.27. The summed E-state index contributed by atoms with van der Waals surface area (Å²) in [5, 5.41) is 2.77. The highest BCUT2D eigenvalue weighted by Crippen LogP contribution is 2.19. The number of hydrogen-bond acceptors (Lipinski definition) is 3. The maximum atomic E-state index is 11.7. The molecule has 4 heteroatoms. The zero-order valence-corrected chi connectivity index (χ0v) is 11.5. The molecule has 0 aliphatic heterocycles. The third-order valence-electron chi connectivity index (χ3n) is 3.27. The van der Waals surface area contributed by atoms with Crippen molar-refractivity contribution in [2.24, 2.45) is 0 Å². The van der Waals surface area contributed by atoms with Gasteiger partial charge in [-0.1, -0.05) is 24.3 Å². The fourth-order valence-corrected chi connectivity index (χ4v) is 2.18. The number of para-hydroxylation sites is 1. The van der Waals surface area contributed by atoms with Crippen molar-refractivity contribution in [3.63, 3.8) is 0 Å². The van der Waals surface area contributed by atoms with Crippen LogP contribution in [-0.4, -0.2) is 6.09 Å². The quantitative estimate of drug-likeness (QED) is 0.812. The Labute approximate surface area is 113 Å². The number of anilines is 1. The van der Waals surface area contributed by atoms with E-state index in [0.29, 0.717) is 0 Å². The number of amides is 1. The summed E-state index contributed by atoms with van der Waals surface area (Å²) in [6.07, 6.45) is 5.93. The lowest BCUT2D eigenvalue weighted by atomic mass is 10.1. The summed E-state index contributed by atoms with van der Waals surface area (Å²) in [6.45, 7) is 3.92. The molecule has 1 amide bonds. The number of benzene rings is 1. The highest BCUT2D eigenvalue weighted by molar-refractivity contribution is 5.86. The van der Waals surface area contributed by atoms with Crippen LogP contribution in [0, 0.1) is 13.8 Å².